The first-order valence-corrected chi connectivity index (χ1v) is 6.13. The Morgan fingerprint density at radius 1 is 1.59 bits per heavy atom. The zero-order valence-electron chi connectivity index (χ0n) is 9.85. The molecule has 2 fully saturated rings. The van der Waals surface area contributed by atoms with E-state index in [1.54, 1.807) is 0 Å². The average molecular weight is 235 g/mol. The molecule has 2 aliphatic rings. The zero-order valence-corrected chi connectivity index (χ0v) is 9.85. The van der Waals surface area contributed by atoms with Crippen molar-refractivity contribution in [3.05, 3.63) is 23.7 Å². The molecule has 1 aromatic rings. The van der Waals surface area contributed by atoms with E-state index in [4.69, 9.17) is 15.3 Å². The maximum absolute atomic E-state index is 11.0. The average Bonchev–Trinajstić information content (AvgIpc) is 3.19. The van der Waals surface area contributed by atoms with Gasteiger partial charge in [0.1, 0.15) is 17.6 Å². The molecule has 92 valence electrons. The summed E-state index contributed by atoms with van der Waals surface area (Å²) < 4.78 is 5.83. The van der Waals surface area contributed by atoms with Gasteiger partial charge in [0.15, 0.2) is 0 Å². The summed E-state index contributed by atoms with van der Waals surface area (Å²) in [7, 11) is 0. The van der Waals surface area contributed by atoms with E-state index in [1.165, 1.54) is 6.42 Å². The van der Waals surface area contributed by atoms with Crippen molar-refractivity contribution in [1.82, 2.24) is 0 Å². The lowest BCUT2D eigenvalue weighted by Gasteiger charge is -2.16. The summed E-state index contributed by atoms with van der Waals surface area (Å²) in [6.07, 6.45) is 2.80. The summed E-state index contributed by atoms with van der Waals surface area (Å²) in [5.74, 6) is 2.04. The molecule has 0 spiro atoms. The van der Waals surface area contributed by atoms with E-state index in [2.05, 4.69) is 6.92 Å². The number of rotatable bonds is 4. The number of aliphatic carboxylic acids is 1. The van der Waals surface area contributed by atoms with E-state index < -0.39 is 17.4 Å². The third-order valence-corrected chi connectivity index (χ3v) is 4.24. The first-order chi connectivity index (χ1) is 8.04. The minimum absolute atomic E-state index is 0.442. The van der Waals surface area contributed by atoms with Gasteiger partial charge in [0.2, 0.25) is 0 Å². The highest BCUT2D eigenvalue weighted by atomic mass is 16.4. The van der Waals surface area contributed by atoms with Gasteiger partial charge >= 0.3 is 5.97 Å². The van der Waals surface area contributed by atoms with Crippen LogP contribution in [0.1, 0.15) is 43.6 Å². The number of hydrogen-bond donors (Lipinski definition) is 2. The molecule has 3 rings (SSSR count). The highest BCUT2D eigenvalue weighted by Gasteiger charge is 2.55. The van der Waals surface area contributed by atoms with Crippen LogP contribution >= 0.6 is 0 Å². The Bertz CT molecular complexity index is 461. The predicted molar refractivity (Wildman–Crippen MR) is 61.8 cm³/mol. The van der Waals surface area contributed by atoms with Gasteiger partial charge in [-0.05, 0) is 37.3 Å². The maximum Gasteiger partial charge on any atom is 0.321 e. The van der Waals surface area contributed by atoms with Gasteiger partial charge < -0.3 is 15.3 Å². The number of carbonyl (C=O) groups is 1. The second-order valence-electron chi connectivity index (χ2n) is 5.49. The molecule has 4 heteroatoms. The van der Waals surface area contributed by atoms with Crippen molar-refractivity contribution in [2.24, 2.45) is 11.7 Å². The monoisotopic (exact) mass is 235 g/mol. The highest BCUT2D eigenvalue weighted by Crippen LogP contribution is 2.53. The topological polar surface area (TPSA) is 76.5 Å². The van der Waals surface area contributed by atoms with Crippen LogP contribution in [-0.4, -0.2) is 17.1 Å². The van der Waals surface area contributed by atoms with Gasteiger partial charge in [-0.25, -0.2) is 0 Å². The maximum atomic E-state index is 11.0. The van der Waals surface area contributed by atoms with Crippen molar-refractivity contribution in [2.45, 2.75) is 43.6 Å². The molecule has 0 radical (unpaired) electrons. The van der Waals surface area contributed by atoms with Crippen LogP contribution < -0.4 is 5.73 Å². The van der Waals surface area contributed by atoms with Crippen molar-refractivity contribution in [2.75, 3.05) is 0 Å². The molecule has 3 N–H and O–H groups in total. The minimum atomic E-state index is -0.944. The molecule has 1 aromatic heterocycles. The van der Waals surface area contributed by atoms with Gasteiger partial charge in [0.05, 0.1) is 5.41 Å². The molecule has 0 bridgehead atoms. The zero-order chi connectivity index (χ0) is 12.2. The van der Waals surface area contributed by atoms with Crippen LogP contribution in [0.4, 0.5) is 0 Å². The van der Waals surface area contributed by atoms with Crippen molar-refractivity contribution in [3.8, 4) is 0 Å². The second-order valence-corrected chi connectivity index (χ2v) is 5.49. The summed E-state index contributed by atoms with van der Waals surface area (Å²) in [5.41, 5.74) is 5.32. The van der Waals surface area contributed by atoms with Crippen molar-refractivity contribution in [1.29, 1.82) is 0 Å². The van der Waals surface area contributed by atoms with Crippen LogP contribution in [0.5, 0.6) is 0 Å². The lowest BCUT2D eigenvalue weighted by molar-refractivity contribution is -0.139. The van der Waals surface area contributed by atoms with Crippen LogP contribution in [0, 0.1) is 5.92 Å². The Kier molecular flexibility index (Phi) is 2.14. The molecule has 3 atom stereocenters. The van der Waals surface area contributed by atoms with Crippen molar-refractivity contribution >= 4 is 5.97 Å². The minimum Gasteiger partial charge on any atom is -0.480 e. The SMILES string of the molecule is CC1CC1c1ccc(C2(C(N)C(=O)O)CC2)o1. The third kappa shape index (κ3) is 1.59. The molecule has 17 heavy (non-hydrogen) atoms. The number of furan rings is 1. The molecule has 3 unspecified atom stereocenters. The molecule has 0 aliphatic heterocycles. The van der Waals surface area contributed by atoms with E-state index in [-0.39, 0.29) is 0 Å². The summed E-state index contributed by atoms with van der Waals surface area (Å²) in [4.78, 5) is 11.0. The van der Waals surface area contributed by atoms with Crippen LogP contribution in [0.3, 0.4) is 0 Å². The number of carboxylic acid groups (broad SMARTS) is 1. The first-order valence-electron chi connectivity index (χ1n) is 6.13. The third-order valence-electron chi connectivity index (χ3n) is 4.24. The van der Waals surface area contributed by atoms with Crippen LogP contribution in [0.25, 0.3) is 0 Å². The van der Waals surface area contributed by atoms with E-state index in [0.717, 1.165) is 24.4 Å². The number of nitrogens with two attached hydrogens (primary N) is 1. The lowest BCUT2D eigenvalue weighted by Crippen LogP contribution is -2.41. The molecule has 2 saturated carbocycles. The number of hydrogen-bond acceptors (Lipinski definition) is 3. The van der Waals surface area contributed by atoms with E-state index in [0.29, 0.717) is 11.8 Å². The Balaban J connectivity index is 1.84. The lowest BCUT2D eigenvalue weighted by atomic mass is 9.94. The molecular formula is C13H17NO3. The first kappa shape index (κ1) is 10.8. The summed E-state index contributed by atoms with van der Waals surface area (Å²) >= 11 is 0. The summed E-state index contributed by atoms with van der Waals surface area (Å²) in [6.45, 7) is 2.20. The fourth-order valence-electron chi connectivity index (χ4n) is 2.62. The van der Waals surface area contributed by atoms with Gasteiger partial charge in [0, 0.05) is 5.92 Å². The Labute approximate surface area is 99.8 Å². The molecular weight excluding hydrogens is 218 g/mol. The molecule has 1 heterocycles. The van der Waals surface area contributed by atoms with Gasteiger partial charge in [-0.3, -0.25) is 4.79 Å². The fraction of sp³-hybridized carbons (Fsp3) is 0.615. The Morgan fingerprint density at radius 2 is 2.24 bits per heavy atom. The molecule has 0 saturated heterocycles. The normalized spacial score (nSPS) is 30.9. The molecule has 4 nitrogen and oxygen atoms in total. The second kappa shape index (κ2) is 3.35. The van der Waals surface area contributed by atoms with Gasteiger partial charge in [-0.2, -0.15) is 0 Å². The predicted octanol–water partition coefficient (Wildman–Crippen LogP) is 1.85. The van der Waals surface area contributed by atoms with E-state index in [9.17, 15) is 4.79 Å². The van der Waals surface area contributed by atoms with E-state index in [1.807, 2.05) is 12.1 Å². The van der Waals surface area contributed by atoms with Gasteiger partial charge in [-0.1, -0.05) is 6.92 Å². The van der Waals surface area contributed by atoms with Crippen molar-refractivity contribution in [3.63, 3.8) is 0 Å². The van der Waals surface area contributed by atoms with Crippen molar-refractivity contribution < 1.29 is 14.3 Å². The summed E-state index contributed by atoms with van der Waals surface area (Å²) in [5, 5.41) is 9.02. The van der Waals surface area contributed by atoms with Crippen LogP contribution in [0.15, 0.2) is 16.5 Å². The largest absolute Gasteiger partial charge is 0.480 e. The van der Waals surface area contributed by atoms with Crippen LogP contribution in [-0.2, 0) is 10.2 Å². The quantitative estimate of drug-likeness (QED) is 0.835. The summed E-state index contributed by atoms with van der Waals surface area (Å²) in [6, 6.07) is 3.05. The number of carboxylic acids is 1. The molecule has 0 aromatic carbocycles. The Hall–Kier alpha value is -1.29. The van der Waals surface area contributed by atoms with E-state index >= 15 is 0 Å². The Morgan fingerprint density at radius 3 is 2.71 bits per heavy atom. The smallest absolute Gasteiger partial charge is 0.321 e. The standard InChI is InChI=1S/C13H17NO3/c1-7-6-8(7)9-2-3-10(17-9)13(4-5-13)11(14)12(15)16/h2-3,7-8,11H,4-6,14H2,1H3,(H,15,16). The van der Waals surface area contributed by atoms with Gasteiger partial charge in [0.25, 0.3) is 0 Å². The fourth-order valence-corrected chi connectivity index (χ4v) is 2.62. The van der Waals surface area contributed by atoms with Crippen LogP contribution in [0.2, 0.25) is 0 Å². The molecule has 2 aliphatic carbocycles. The highest BCUT2D eigenvalue weighted by molar-refractivity contribution is 5.76. The van der Waals surface area contributed by atoms with Gasteiger partial charge in [-0.15, -0.1) is 0 Å². The molecule has 0 amide bonds.